The van der Waals surface area contributed by atoms with Crippen LogP contribution in [0.2, 0.25) is 0 Å². The van der Waals surface area contributed by atoms with Gasteiger partial charge in [-0.3, -0.25) is 9.59 Å². The topological polar surface area (TPSA) is 93.7 Å². The first-order chi connectivity index (χ1) is 20.7. The average Bonchev–Trinajstić information content (AvgIpc) is 3.00. The van der Waals surface area contributed by atoms with Crippen LogP contribution in [0, 0.1) is 13.8 Å². The highest BCUT2D eigenvalue weighted by Gasteiger charge is 2.32. The van der Waals surface area contributed by atoms with Crippen molar-refractivity contribution >= 4 is 29.3 Å². The second kappa shape index (κ2) is 14.7. The number of aryl methyl sites for hydroxylation is 2. The van der Waals surface area contributed by atoms with Crippen LogP contribution in [0.5, 0.6) is 11.5 Å². The van der Waals surface area contributed by atoms with Gasteiger partial charge in [-0.25, -0.2) is 9.97 Å². The van der Waals surface area contributed by atoms with Crippen molar-refractivity contribution in [1.29, 1.82) is 0 Å². The fourth-order valence-electron chi connectivity index (χ4n) is 4.71. The number of carbonyl (C=O) groups excluding carboxylic acids is 2. The number of hydrogen-bond acceptors (Lipinski definition) is 7. The van der Waals surface area contributed by atoms with Gasteiger partial charge in [0.05, 0.1) is 25.7 Å². The molecular weight excluding hydrogens is 560 g/mol. The molecule has 0 saturated carbocycles. The summed E-state index contributed by atoms with van der Waals surface area (Å²) in [5.74, 6) is 0.854. The Labute approximate surface area is 257 Å². The molecule has 0 aliphatic rings. The van der Waals surface area contributed by atoms with E-state index < -0.39 is 6.04 Å². The fourth-order valence-corrected chi connectivity index (χ4v) is 5.55. The van der Waals surface area contributed by atoms with Crippen LogP contribution in [0.15, 0.2) is 84.0 Å². The first kappa shape index (κ1) is 31.6. The van der Waals surface area contributed by atoms with Crippen molar-refractivity contribution in [3.63, 3.8) is 0 Å². The molecule has 0 bridgehead atoms. The minimum atomic E-state index is -0.929. The van der Waals surface area contributed by atoms with Gasteiger partial charge >= 0.3 is 0 Å². The smallest absolute Gasteiger partial charge is 0.251 e. The van der Waals surface area contributed by atoms with Crippen LogP contribution >= 0.6 is 11.8 Å². The number of ether oxygens (including phenoxy) is 2. The third-order valence-electron chi connectivity index (χ3n) is 6.95. The highest BCUT2D eigenvalue weighted by atomic mass is 32.2. The second-order valence-corrected chi connectivity index (χ2v) is 11.5. The first-order valence-corrected chi connectivity index (χ1v) is 15.1. The third-order valence-corrected chi connectivity index (χ3v) is 7.78. The zero-order valence-electron chi connectivity index (χ0n) is 25.5. The summed E-state index contributed by atoms with van der Waals surface area (Å²) in [6.45, 7) is 8.27. The van der Waals surface area contributed by atoms with Gasteiger partial charge in [-0.1, -0.05) is 80.2 Å². The number of aromatic nitrogens is 2. The van der Waals surface area contributed by atoms with Gasteiger partial charge in [-0.15, -0.1) is 0 Å². The number of anilines is 1. The molecule has 8 nitrogen and oxygen atoms in total. The number of hydrogen-bond donors (Lipinski definition) is 1. The van der Waals surface area contributed by atoms with E-state index in [9.17, 15) is 9.59 Å². The van der Waals surface area contributed by atoms with Gasteiger partial charge in [-0.05, 0) is 54.7 Å². The summed E-state index contributed by atoms with van der Waals surface area (Å²) >= 11 is 1.26. The van der Waals surface area contributed by atoms with E-state index in [1.54, 1.807) is 30.2 Å². The monoisotopic (exact) mass is 598 g/mol. The van der Waals surface area contributed by atoms with E-state index in [0.717, 1.165) is 22.5 Å². The Balaban J connectivity index is 1.74. The summed E-state index contributed by atoms with van der Waals surface area (Å²) in [5.41, 5.74) is 4.89. The standard InChI is InChI=1S/C34H38N4O4S/c1-22(2)26-12-14-27(15-13-26)32(33(40)37-29-17-16-28(41-5)19-30(29)42-6)38(20-25-10-8-7-9-11-25)31(39)21-43-34-35-23(3)18-24(4)36-34/h7-19,22,32H,20-21H2,1-6H3,(H,37,40). The molecule has 1 heterocycles. The number of methoxy groups -OCH3 is 2. The highest BCUT2D eigenvalue weighted by molar-refractivity contribution is 7.99. The summed E-state index contributed by atoms with van der Waals surface area (Å²) in [7, 11) is 3.10. The minimum absolute atomic E-state index is 0.0649. The molecule has 0 fully saturated rings. The lowest BCUT2D eigenvalue weighted by Gasteiger charge is -2.32. The highest BCUT2D eigenvalue weighted by Crippen LogP contribution is 2.33. The molecule has 1 atom stereocenters. The van der Waals surface area contributed by atoms with E-state index in [-0.39, 0.29) is 24.1 Å². The van der Waals surface area contributed by atoms with Crippen LogP contribution in [-0.2, 0) is 16.1 Å². The van der Waals surface area contributed by atoms with Crippen LogP contribution in [0.1, 0.15) is 53.9 Å². The number of amides is 2. The molecule has 4 aromatic rings. The van der Waals surface area contributed by atoms with Crippen LogP contribution < -0.4 is 14.8 Å². The molecular formula is C34H38N4O4S. The molecule has 224 valence electrons. The predicted octanol–water partition coefficient (Wildman–Crippen LogP) is 6.73. The maximum absolute atomic E-state index is 14.2. The Morgan fingerprint density at radius 2 is 1.51 bits per heavy atom. The van der Waals surface area contributed by atoms with Gasteiger partial charge < -0.3 is 19.7 Å². The van der Waals surface area contributed by atoms with Crippen molar-refractivity contribution in [1.82, 2.24) is 14.9 Å². The van der Waals surface area contributed by atoms with Gasteiger partial charge in [0.1, 0.15) is 17.5 Å². The summed E-state index contributed by atoms with van der Waals surface area (Å²) < 4.78 is 10.9. The molecule has 1 aromatic heterocycles. The number of thioether (sulfide) groups is 1. The SMILES string of the molecule is COc1ccc(NC(=O)C(c2ccc(C(C)C)cc2)N(Cc2ccccc2)C(=O)CSc2nc(C)cc(C)n2)c(OC)c1. The second-order valence-electron chi connectivity index (χ2n) is 10.5. The quantitative estimate of drug-likeness (QED) is 0.143. The normalized spacial score (nSPS) is 11.6. The van der Waals surface area contributed by atoms with E-state index in [2.05, 4.69) is 29.1 Å². The van der Waals surface area contributed by atoms with E-state index >= 15 is 0 Å². The summed E-state index contributed by atoms with van der Waals surface area (Å²) in [5, 5.41) is 3.54. The zero-order valence-corrected chi connectivity index (χ0v) is 26.3. The molecule has 2 amide bonds. The molecule has 4 rings (SSSR count). The first-order valence-electron chi connectivity index (χ1n) is 14.1. The number of carbonyl (C=O) groups is 2. The average molecular weight is 599 g/mol. The largest absolute Gasteiger partial charge is 0.497 e. The van der Waals surface area contributed by atoms with Crippen molar-refractivity contribution in [3.8, 4) is 11.5 Å². The van der Waals surface area contributed by atoms with Crippen molar-refractivity contribution < 1.29 is 19.1 Å². The Morgan fingerprint density at radius 3 is 2.12 bits per heavy atom. The molecule has 3 aromatic carbocycles. The Morgan fingerprint density at radius 1 is 0.860 bits per heavy atom. The number of rotatable bonds is 12. The fraction of sp³-hybridized carbons (Fsp3) is 0.294. The van der Waals surface area contributed by atoms with Gasteiger partial charge in [0.25, 0.3) is 5.91 Å². The van der Waals surface area contributed by atoms with Crippen molar-refractivity contribution in [3.05, 3.63) is 107 Å². The van der Waals surface area contributed by atoms with Crippen molar-refractivity contribution in [2.75, 3.05) is 25.3 Å². The van der Waals surface area contributed by atoms with Gasteiger partial charge in [-0.2, -0.15) is 0 Å². The Hall–Kier alpha value is -4.37. The maximum atomic E-state index is 14.2. The lowest BCUT2D eigenvalue weighted by Crippen LogP contribution is -2.42. The van der Waals surface area contributed by atoms with Gasteiger partial charge in [0.2, 0.25) is 5.91 Å². The number of benzene rings is 3. The Kier molecular flexibility index (Phi) is 10.8. The van der Waals surface area contributed by atoms with Crippen LogP contribution in [0.25, 0.3) is 0 Å². The molecule has 0 aliphatic heterocycles. The number of nitrogens with one attached hydrogen (secondary N) is 1. The Bertz CT molecular complexity index is 1520. The molecule has 0 aliphatic carbocycles. The molecule has 43 heavy (non-hydrogen) atoms. The van der Waals surface area contributed by atoms with Crippen molar-refractivity contribution in [2.45, 2.75) is 51.4 Å². The molecule has 0 spiro atoms. The maximum Gasteiger partial charge on any atom is 0.251 e. The van der Waals surface area contributed by atoms with E-state index in [4.69, 9.17) is 9.47 Å². The lowest BCUT2D eigenvalue weighted by molar-refractivity contribution is -0.137. The third kappa shape index (κ3) is 8.35. The number of nitrogens with zero attached hydrogens (tertiary/aromatic N) is 3. The molecule has 9 heteroatoms. The molecule has 0 saturated heterocycles. The molecule has 1 unspecified atom stereocenters. The minimum Gasteiger partial charge on any atom is -0.497 e. The van der Waals surface area contributed by atoms with Crippen LogP contribution in [-0.4, -0.2) is 46.7 Å². The summed E-state index contributed by atoms with van der Waals surface area (Å²) in [6, 6.07) is 23.7. The zero-order chi connectivity index (χ0) is 30.9. The van der Waals surface area contributed by atoms with E-state index in [1.807, 2.05) is 74.5 Å². The van der Waals surface area contributed by atoms with Crippen molar-refractivity contribution in [2.24, 2.45) is 0 Å². The lowest BCUT2D eigenvalue weighted by atomic mass is 9.97. The summed E-state index contributed by atoms with van der Waals surface area (Å²) in [6.07, 6.45) is 0. The predicted molar refractivity (Wildman–Crippen MR) is 171 cm³/mol. The van der Waals surface area contributed by atoms with E-state index in [0.29, 0.717) is 33.8 Å². The van der Waals surface area contributed by atoms with Gasteiger partial charge in [0, 0.05) is 24.0 Å². The van der Waals surface area contributed by atoms with Gasteiger partial charge in [0.15, 0.2) is 5.16 Å². The molecule has 1 N–H and O–H groups in total. The molecule has 0 radical (unpaired) electrons. The van der Waals surface area contributed by atoms with Crippen LogP contribution in [0.3, 0.4) is 0 Å². The van der Waals surface area contributed by atoms with E-state index in [1.165, 1.54) is 18.9 Å². The summed E-state index contributed by atoms with van der Waals surface area (Å²) in [4.78, 5) is 38.9. The van der Waals surface area contributed by atoms with Crippen LogP contribution in [0.4, 0.5) is 5.69 Å².